The van der Waals surface area contributed by atoms with Gasteiger partial charge in [0, 0.05) is 52.4 Å². The van der Waals surface area contributed by atoms with Gasteiger partial charge in [-0.2, -0.15) is 0 Å². The maximum absolute atomic E-state index is 11.5. The van der Waals surface area contributed by atoms with E-state index in [-0.39, 0.29) is 12.3 Å². The SMILES string of the molecule is CCN1CCN(CC=O)CCN(CC(=O)O)CCN(CC(C)=O)CC1. The van der Waals surface area contributed by atoms with Crippen molar-refractivity contribution in [1.29, 1.82) is 0 Å². The van der Waals surface area contributed by atoms with Crippen molar-refractivity contribution in [1.82, 2.24) is 19.6 Å². The second-order valence-corrected chi connectivity index (χ2v) is 6.55. The Morgan fingerprint density at radius 2 is 1.28 bits per heavy atom. The molecule has 0 bridgehead atoms. The predicted molar refractivity (Wildman–Crippen MR) is 95.8 cm³/mol. The van der Waals surface area contributed by atoms with Gasteiger partial charge in [0.1, 0.15) is 12.1 Å². The molecule has 1 heterocycles. The first-order valence-corrected chi connectivity index (χ1v) is 8.98. The van der Waals surface area contributed by atoms with Crippen LogP contribution in [0.15, 0.2) is 0 Å². The van der Waals surface area contributed by atoms with Crippen LogP contribution in [-0.2, 0) is 14.4 Å². The van der Waals surface area contributed by atoms with E-state index in [0.717, 1.165) is 39.0 Å². The topological polar surface area (TPSA) is 84.4 Å². The molecule has 0 saturated carbocycles. The molecule has 8 heteroatoms. The highest BCUT2D eigenvalue weighted by Gasteiger charge is 2.17. The van der Waals surface area contributed by atoms with Gasteiger partial charge in [-0.25, -0.2) is 0 Å². The summed E-state index contributed by atoms with van der Waals surface area (Å²) in [6, 6.07) is 0. The molecule has 1 N–H and O–H groups in total. The Kier molecular flexibility index (Phi) is 10.5. The smallest absolute Gasteiger partial charge is 0.317 e. The van der Waals surface area contributed by atoms with Crippen molar-refractivity contribution in [3.8, 4) is 0 Å². The quantitative estimate of drug-likeness (QED) is 0.588. The van der Waals surface area contributed by atoms with Gasteiger partial charge in [-0.3, -0.25) is 24.3 Å². The Morgan fingerprint density at radius 1 is 0.840 bits per heavy atom. The van der Waals surface area contributed by atoms with Crippen LogP contribution in [0.2, 0.25) is 0 Å². The summed E-state index contributed by atoms with van der Waals surface area (Å²) < 4.78 is 0. The third kappa shape index (κ3) is 9.64. The maximum atomic E-state index is 11.5. The van der Waals surface area contributed by atoms with Gasteiger partial charge in [-0.15, -0.1) is 0 Å². The molecular weight excluding hydrogens is 324 g/mol. The van der Waals surface area contributed by atoms with Crippen molar-refractivity contribution in [2.24, 2.45) is 0 Å². The van der Waals surface area contributed by atoms with E-state index in [2.05, 4.69) is 21.6 Å². The number of carboxylic acid groups (broad SMARTS) is 1. The number of ketones is 1. The van der Waals surface area contributed by atoms with E-state index in [9.17, 15) is 14.4 Å². The van der Waals surface area contributed by atoms with Crippen molar-refractivity contribution < 1.29 is 19.5 Å². The zero-order chi connectivity index (χ0) is 18.7. The van der Waals surface area contributed by atoms with E-state index in [1.165, 1.54) is 0 Å². The van der Waals surface area contributed by atoms with Crippen LogP contribution in [0.5, 0.6) is 0 Å². The van der Waals surface area contributed by atoms with Crippen LogP contribution >= 0.6 is 0 Å². The number of carbonyl (C=O) groups excluding carboxylic acids is 2. The Labute approximate surface area is 150 Å². The Bertz CT molecular complexity index is 433. The molecule has 1 fully saturated rings. The maximum Gasteiger partial charge on any atom is 0.317 e. The van der Waals surface area contributed by atoms with Crippen molar-refractivity contribution in [3.05, 3.63) is 0 Å². The lowest BCUT2D eigenvalue weighted by Crippen LogP contribution is -2.47. The third-order valence-electron chi connectivity index (χ3n) is 4.51. The van der Waals surface area contributed by atoms with Crippen LogP contribution in [0.25, 0.3) is 0 Å². The first kappa shape index (κ1) is 21.7. The van der Waals surface area contributed by atoms with Crippen molar-refractivity contribution in [2.45, 2.75) is 13.8 Å². The molecule has 0 atom stereocenters. The number of likely N-dealkylation sites (N-methyl/N-ethyl adjacent to an activating group) is 1. The van der Waals surface area contributed by atoms with E-state index in [4.69, 9.17) is 5.11 Å². The van der Waals surface area contributed by atoms with Crippen molar-refractivity contribution >= 4 is 18.0 Å². The molecule has 25 heavy (non-hydrogen) atoms. The molecule has 1 aliphatic heterocycles. The lowest BCUT2D eigenvalue weighted by molar-refractivity contribution is -0.138. The summed E-state index contributed by atoms with van der Waals surface area (Å²) in [7, 11) is 0. The van der Waals surface area contributed by atoms with Gasteiger partial charge in [0.05, 0.1) is 19.6 Å². The van der Waals surface area contributed by atoms with Crippen LogP contribution in [-0.4, -0.2) is 121 Å². The molecule has 144 valence electrons. The van der Waals surface area contributed by atoms with E-state index in [0.29, 0.717) is 39.3 Å². The Morgan fingerprint density at radius 3 is 1.68 bits per heavy atom. The first-order chi connectivity index (χ1) is 11.9. The molecule has 0 radical (unpaired) electrons. The number of hydrogen-bond acceptors (Lipinski definition) is 7. The predicted octanol–water partition coefficient (Wildman–Crippen LogP) is -0.900. The summed E-state index contributed by atoms with van der Waals surface area (Å²) >= 11 is 0. The molecule has 0 spiro atoms. The number of Topliss-reactive ketones (excluding diaryl/α,β-unsaturated/α-hetero) is 1. The molecule has 1 rings (SSSR count). The molecule has 8 nitrogen and oxygen atoms in total. The third-order valence-corrected chi connectivity index (χ3v) is 4.51. The van der Waals surface area contributed by atoms with Gasteiger partial charge in [-0.05, 0) is 13.5 Å². The highest BCUT2D eigenvalue weighted by atomic mass is 16.4. The molecule has 0 unspecified atom stereocenters. The molecular formula is C17H32N4O4. The number of carboxylic acids is 1. The number of carbonyl (C=O) groups is 3. The van der Waals surface area contributed by atoms with Crippen molar-refractivity contribution in [3.63, 3.8) is 0 Å². The van der Waals surface area contributed by atoms with Gasteiger partial charge in [0.2, 0.25) is 0 Å². The monoisotopic (exact) mass is 356 g/mol. The minimum Gasteiger partial charge on any atom is -0.480 e. The Hall–Kier alpha value is -1.35. The van der Waals surface area contributed by atoms with E-state index in [1.807, 2.05) is 4.90 Å². The number of nitrogens with zero attached hydrogens (tertiary/aromatic N) is 4. The van der Waals surface area contributed by atoms with Gasteiger partial charge in [0.15, 0.2) is 0 Å². The number of rotatable bonds is 7. The van der Waals surface area contributed by atoms with Gasteiger partial charge in [-0.1, -0.05) is 6.92 Å². The lowest BCUT2D eigenvalue weighted by Gasteiger charge is -2.32. The van der Waals surface area contributed by atoms with Crippen LogP contribution < -0.4 is 0 Å². The summed E-state index contributed by atoms with van der Waals surface area (Å²) in [6.45, 7) is 11.2. The molecule has 1 saturated heterocycles. The highest BCUT2D eigenvalue weighted by Crippen LogP contribution is 2.00. The van der Waals surface area contributed by atoms with Gasteiger partial charge < -0.3 is 14.8 Å². The molecule has 0 amide bonds. The lowest BCUT2D eigenvalue weighted by atomic mass is 10.3. The normalized spacial score (nSPS) is 20.6. The standard InChI is InChI=1S/C17H32N4O4/c1-3-18-4-6-19(12-13-22)7-9-21(15-17(24)25)11-10-20(8-5-18)14-16(2)23/h13H,3-12,14-15H2,1-2H3,(H,24,25). The minimum absolute atomic E-state index is 0.0239. The second kappa shape index (κ2) is 12.1. The van der Waals surface area contributed by atoms with Crippen LogP contribution in [0.3, 0.4) is 0 Å². The molecule has 0 aromatic heterocycles. The average molecular weight is 356 g/mol. The number of aldehydes is 1. The minimum atomic E-state index is -0.857. The number of hydrogen-bond donors (Lipinski definition) is 1. The fraction of sp³-hybridized carbons (Fsp3) is 0.824. The molecule has 0 aromatic rings. The van der Waals surface area contributed by atoms with Crippen LogP contribution in [0, 0.1) is 0 Å². The van der Waals surface area contributed by atoms with Crippen LogP contribution in [0.4, 0.5) is 0 Å². The summed E-state index contributed by atoms with van der Waals surface area (Å²) in [5.41, 5.74) is 0. The van der Waals surface area contributed by atoms with Crippen LogP contribution in [0.1, 0.15) is 13.8 Å². The zero-order valence-electron chi connectivity index (χ0n) is 15.5. The summed E-state index contributed by atoms with van der Waals surface area (Å²) in [4.78, 5) is 41.9. The second-order valence-electron chi connectivity index (χ2n) is 6.55. The zero-order valence-corrected chi connectivity index (χ0v) is 15.5. The highest BCUT2D eigenvalue weighted by molar-refractivity contribution is 5.77. The molecule has 0 aromatic carbocycles. The van der Waals surface area contributed by atoms with E-state index < -0.39 is 5.97 Å². The fourth-order valence-corrected chi connectivity index (χ4v) is 3.01. The fourth-order valence-electron chi connectivity index (χ4n) is 3.01. The Balaban J connectivity index is 2.78. The first-order valence-electron chi connectivity index (χ1n) is 8.98. The largest absolute Gasteiger partial charge is 0.480 e. The summed E-state index contributed by atoms with van der Waals surface area (Å²) in [5.74, 6) is -0.735. The molecule has 1 aliphatic rings. The van der Waals surface area contributed by atoms with Gasteiger partial charge in [0.25, 0.3) is 0 Å². The number of aliphatic carboxylic acids is 1. The summed E-state index contributed by atoms with van der Waals surface area (Å²) in [5, 5.41) is 9.12. The average Bonchev–Trinajstić information content (AvgIpc) is 2.54. The van der Waals surface area contributed by atoms with Crippen molar-refractivity contribution in [2.75, 3.05) is 78.5 Å². The van der Waals surface area contributed by atoms with E-state index >= 15 is 0 Å². The molecule has 0 aliphatic carbocycles. The van der Waals surface area contributed by atoms with E-state index in [1.54, 1.807) is 6.92 Å². The summed E-state index contributed by atoms with van der Waals surface area (Å²) in [6.07, 6.45) is 0.901. The van der Waals surface area contributed by atoms with Gasteiger partial charge >= 0.3 is 5.97 Å².